The number of carbonyl (C=O) groups is 1. The van der Waals surface area contributed by atoms with Crippen LogP contribution in [0.2, 0.25) is 0 Å². The third kappa shape index (κ3) is 2.51. The van der Waals surface area contributed by atoms with Crippen LogP contribution >= 0.6 is 0 Å². The molecule has 2 rings (SSSR count). The lowest BCUT2D eigenvalue weighted by molar-refractivity contribution is -0.138. The molecular formula is C12H12F3NO3. The van der Waals surface area contributed by atoms with E-state index in [4.69, 9.17) is 15.6 Å². The Labute approximate surface area is 107 Å². The van der Waals surface area contributed by atoms with Crippen LogP contribution in [0.5, 0.6) is 5.75 Å². The van der Waals surface area contributed by atoms with Crippen molar-refractivity contribution in [3.8, 4) is 5.75 Å². The van der Waals surface area contributed by atoms with E-state index in [0.717, 1.165) is 6.07 Å². The van der Waals surface area contributed by atoms with Gasteiger partial charge in [0.1, 0.15) is 5.75 Å². The lowest BCUT2D eigenvalue weighted by Gasteiger charge is -2.29. The van der Waals surface area contributed by atoms with Crippen molar-refractivity contribution < 1.29 is 27.8 Å². The Morgan fingerprint density at radius 1 is 1.47 bits per heavy atom. The Hall–Kier alpha value is -1.76. The minimum atomic E-state index is -4.75. The van der Waals surface area contributed by atoms with Gasteiger partial charge in [0.05, 0.1) is 17.2 Å². The third-order valence-electron chi connectivity index (χ3n) is 3.00. The van der Waals surface area contributed by atoms with Crippen molar-refractivity contribution in [2.45, 2.75) is 31.7 Å². The quantitative estimate of drug-likeness (QED) is 0.826. The minimum Gasteiger partial charge on any atom is -0.490 e. The Bertz CT molecular complexity index is 528. The summed E-state index contributed by atoms with van der Waals surface area (Å²) in [7, 11) is 0. The van der Waals surface area contributed by atoms with E-state index in [9.17, 15) is 18.0 Å². The highest BCUT2D eigenvalue weighted by molar-refractivity contribution is 5.90. The molecule has 19 heavy (non-hydrogen) atoms. The summed E-state index contributed by atoms with van der Waals surface area (Å²) >= 11 is 0. The second-order valence-corrected chi connectivity index (χ2v) is 4.51. The van der Waals surface area contributed by atoms with Crippen LogP contribution < -0.4 is 10.5 Å². The molecule has 1 aliphatic heterocycles. The van der Waals surface area contributed by atoms with Crippen molar-refractivity contribution in [2.24, 2.45) is 5.73 Å². The van der Waals surface area contributed by atoms with Gasteiger partial charge in [-0.3, -0.25) is 0 Å². The number of carboxylic acid groups (broad SMARTS) is 1. The normalized spacial score (nSPS) is 22.6. The van der Waals surface area contributed by atoms with Crippen LogP contribution in [0.15, 0.2) is 12.1 Å². The van der Waals surface area contributed by atoms with Crippen molar-refractivity contribution in [1.82, 2.24) is 0 Å². The summed E-state index contributed by atoms with van der Waals surface area (Å²) in [5.41, 5.74) is 4.08. The number of alkyl halides is 3. The number of nitrogens with two attached hydrogens (primary N) is 1. The van der Waals surface area contributed by atoms with E-state index in [1.54, 1.807) is 6.92 Å². The maximum absolute atomic E-state index is 12.8. The van der Waals surface area contributed by atoms with E-state index in [-0.39, 0.29) is 11.9 Å². The number of hydrogen-bond acceptors (Lipinski definition) is 3. The van der Waals surface area contributed by atoms with Gasteiger partial charge in [-0.05, 0) is 19.1 Å². The molecule has 0 radical (unpaired) electrons. The largest absolute Gasteiger partial charge is 0.490 e. The zero-order valence-corrected chi connectivity index (χ0v) is 9.99. The SMILES string of the molecule is CC1CC(N)c2cc(C(=O)O)c(C(F)(F)F)cc2O1. The van der Waals surface area contributed by atoms with Crippen molar-refractivity contribution in [3.63, 3.8) is 0 Å². The summed E-state index contributed by atoms with van der Waals surface area (Å²) in [6.07, 6.45) is -4.63. The number of fused-ring (bicyclic) bond motifs is 1. The molecule has 2 unspecified atom stereocenters. The van der Waals surface area contributed by atoms with Crippen LogP contribution in [-0.4, -0.2) is 17.2 Å². The summed E-state index contributed by atoms with van der Waals surface area (Å²) in [5.74, 6) is -1.63. The Balaban J connectivity index is 2.63. The molecule has 0 saturated heterocycles. The monoisotopic (exact) mass is 275 g/mol. The Morgan fingerprint density at radius 2 is 2.11 bits per heavy atom. The van der Waals surface area contributed by atoms with Crippen molar-refractivity contribution in [2.75, 3.05) is 0 Å². The molecule has 4 nitrogen and oxygen atoms in total. The molecule has 0 saturated carbocycles. The summed E-state index contributed by atoms with van der Waals surface area (Å²) < 4.78 is 43.8. The van der Waals surface area contributed by atoms with Gasteiger partial charge in [0.15, 0.2) is 0 Å². The van der Waals surface area contributed by atoms with Crippen LogP contribution in [0.4, 0.5) is 13.2 Å². The Kier molecular flexibility index (Phi) is 3.17. The first kappa shape index (κ1) is 13.7. The molecule has 1 aromatic carbocycles. The lowest BCUT2D eigenvalue weighted by atomic mass is 9.93. The van der Waals surface area contributed by atoms with E-state index >= 15 is 0 Å². The predicted octanol–water partition coefficient (Wildman–Crippen LogP) is 2.57. The first-order valence-electron chi connectivity index (χ1n) is 5.61. The van der Waals surface area contributed by atoms with Crippen LogP contribution in [0.25, 0.3) is 0 Å². The summed E-state index contributed by atoms with van der Waals surface area (Å²) in [5, 5.41) is 8.89. The van der Waals surface area contributed by atoms with Gasteiger partial charge in [0.25, 0.3) is 0 Å². The number of ether oxygens (including phenoxy) is 1. The molecule has 0 aliphatic carbocycles. The van der Waals surface area contributed by atoms with Gasteiger partial charge in [-0.1, -0.05) is 0 Å². The van der Waals surface area contributed by atoms with E-state index < -0.39 is 29.3 Å². The van der Waals surface area contributed by atoms with Crippen LogP contribution in [0.1, 0.15) is 40.9 Å². The van der Waals surface area contributed by atoms with Gasteiger partial charge < -0.3 is 15.6 Å². The third-order valence-corrected chi connectivity index (χ3v) is 3.00. The topological polar surface area (TPSA) is 72.6 Å². The molecule has 0 bridgehead atoms. The number of carboxylic acids is 1. The molecule has 0 spiro atoms. The molecule has 1 heterocycles. The lowest BCUT2D eigenvalue weighted by Crippen LogP contribution is -2.28. The summed E-state index contributed by atoms with van der Waals surface area (Å²) in [6, 6.07) is 1.14. The van der Waals surface area contributed by atoms with Gasteiger partial charge in [-0.25, -0.2) is 4.79 Å². The molecule has 3 N–H and O–H groups in total. The molecule has 1 aliphatic rings. The molecule has 0 amide bonds. The van der Waals surface area contributed by atoms with E-state index in [2.05, 4.69) is 0 Å². The molecule has 104 valence electrons. The van der Waals surface area contributed by atoms with Crippen LogP contribution in [0, 0.1) is 0 Å². The average Bonchev–Trinajstić information content (AvgIpc) is 2.25. The molecule has 2 atom stereocenters. The number of rotatable bonds is 1. The number of aromatic carboxylic acids is 1. The van der Waals surface area contributed by atoms with Crippen molar-refractivity contribution in [3.05, 3.63) is 28.8 Å². The summed E-state index contributed by atoms with van der Waals surface area (Å²) in [6.45, 7) is 1.70. The fourth-order valence-corrected chi connectivity index (χ4v) is 2.15. The van der Waals surface area contributed by atoms with Crippen LogP contribution in [0.3, 0.4) is 0 Å². The molecular weight excluding hydrogens is 263 g/mol. The van der Waals surface area contributed by atoms with E-state index in [1.165, 1.54) is 0 Å². The second-order valence-electron chi connectivity index (χ2n) is 4.51. The minimum absolute atomic E-state index is 0.00331. The Morgan fingerprint density at radius 3 is 2.63 bits per heavy atom. The second kappa shape index (κ2) is 4.41. The molecule has 0 fully saturated rings. The maximum Gasteiger partial charge on any atom is 0.417 e. The zero-order valence-electron chi connectivity index (χ0n) is 9.99. The smallest absolute Gasteiger partial charge is 0.417 e. The van der Waals surface area contributed by atoms with Gasteiger partial charge in [-0.15, -0.1) is 0 Å². The number of benzene rings is 1. The maximum atomic E-state index is 12.8. The van der Waals surface area contributed by atoms with Gasteiger partial charge >= 0.3 is 12.1 Å². The fourth-order valence-electron chi connectivity index (χ4n) is 2.15. The molecule has 1 aromatic rings. The highest BCUT2D eigenvalue weighted by Crippen LogP contribution is 2.40. The van der Waals surface area contributed by atoms with Crippen LogP contribution in [-0.2, 0) is 6.18 Å². The highest BCUT2D eigenvalue weighted by atomic mass is 19.4. The standard InChI is InChI=1S/C12H12F3NO3/c1-5-2-9(16)7-3-6(11(17)18)8(12(13,14)15)4-10(7)19-5/h3-5,9H,2,16H2,1H3,(H,17,18). The van der Waals surface area contributed by atoms with Gasteiger partial charge in [0.2, 0.25) is 0 Å². The first-order chi connectivity index (χ1) is 8.70. The predicted molar refractivity (Wildman–Crippen MR) is 60.0 cm³/mol. The average molecular weight is 275 g/mol. The number of halogens is 3. The molecule has 0 aromatic heterocycles. The van der Waals surface area contributed by atoms with Gasteiger partial charge in [-0.2, -0.15) is 13.2 Å². The van der Waals surface area contributed by atoms with E-state index in [1.807, 2.05) is 0 Å². The highest BCUT2D eigenvalue weighted by Gasteiger charge is 2.38. The van der Waals surface area contributed by atoms with E-state index in [0.29, 0.717) is 18.1 Å². The van der Waals surface area contributed by atoms with Crippen molar-refractivity contribution in [1.29, 1.82) is 0 Å². The fraction of sp³-hybridized carbons (Fsp3) is 0.417. The first-order valence-corrected chi connectivity index (χ1v) is 5.61. The molecule has 7 heteroatoms. The summed E-state index contributed by atoms with van der Waals surface area (Å²) in [4.78, 5) is 10.9. The zero-order chi connectivity index (χ0) is 14.4. The van der Waals surface area contributed by atoms with Crippen molar-refractivity contribution >= 4 is 5.97 Å². The number of hydrogen-bond donors (Lipinski definition) is 2. The van der Waals surface area contributed by atoms with Gasteiger partial charge in [0, 0.05) is 18.0 Å².